The van der Waals surface area contributed by atoms with Gasteiger partial charge < -0.3 is 14.6 Å². The summed E-state index contributed by atoms with van der Waals surface area (Å²) in [6.45, 7) is 3.57. The van der Waals surface area contributed by atoms with Crippen molar-refractivity contribution in [3.05, 3.63) is 59.7 Å². The Kier molecular flexibility index (Phi) is 4.74. The molecule has 7 nitrogen and oxygen atoms in total. The Morgan fingerprint density at radius 2 is 2.12 bits per heavy atom. The van der Waals surface area contributed by atoms with Crippen LogP contribution in [0.2, 0.25) is 0 Å². The zero-order valence-corrected chi connectivity index (χ0v) is 14.2. The second-order valence-corrected chi connectivity index (χ2v) is 5.52. The molecule has 0 fully saturated rings. The number of nitrogens with zero attached hydrogens (tertiary/aromatic N) is 3. The molecular formula is C18H18N4O3. The molecule has 2 aromatic heterocycles. The molecular weight excluding hydrogens is 320 g/mol. The van der Waals surface area contributed by atoms with Crippen molar-refractivity contribution in [3.8, 4) is 17.1 Å². The summed E-state index contributed by atoms with van der Waals surface area (Å²) in [4.78, 5) is 20.8. The second-order valence-electron chi connectivity index (χ2n) is 5.52. The van der Waals surface area contributed by atoms with Crippen molar-refractivity contribution in [2.45, 2.75) is 19.9 Å². The Morgan fingerprint density at radius 3 is 2.88 bits per heavy atom. The molecule has 0 saturated carbocycles. The van der Waals surface area contributed by atoms with Gasteiger partial charge in [0.05, 0.1) is 12.7 Å². The zero-order valence-electron chi connectivity index (χ0n) is 14.2. The molecule has 2 heterocycles. The van der Waals surface area contributed by atoms with Crippen LogP contribution in [0, 0.1) is 6.92 Å². The first-order valence-corrected chi connectivity index (χ1v) is 7.79. The summed E-state index contributed by atoms with van der Waals surface area (Å²) >= 11 is 0. The van der Waals surface area contributed by atoms with Crippen LogP contribution in [0.3, 0.4) is 0 Å². The van der Waals surface area contributed by atoms with Gasteiger partial charge >= 0.3 is 0 Å². The summed E-state index contributed by atoms with van der Waals surface area (Å²) in [5, 5.41) is 6.82. The van der Waals surface area contributed by atoms with Crippen molar-refractivity contribution in [3.63, 3.8) is 0 Å². The third-order valence-electron chi connectivity index (χ3n) is 3.74. The maximum absolute atomic E-state index is 12.4. The fraction of sp³-hybridized carbons (Fsp3) is 0.222. The Balaban J connectivity index is 1.75. The normalized spacial score (nSPS) is 11.8. The van der Waals surface area contributed by atoms with Crippen LogP contribution in [0.25, 0.3) is 11.4 Å². The van der Waals surface area contributed by atoms with Crippen molar-refractivity contribution in [2.75, 3.05) is 7.11 Å². The lowest BCUT2D eigenvalue weighted by atomic mass is 10.2. The van der Waals surface area contributed by atoms with E-state index in [0.29, 0.717) is 28.7 Å². The fourth-order valence-electron chi connectivity index (χ4n) is 2.35. The van der Waals surface area contributed by atoms with Crippen LogP contribution in [-0.4, -0.2) is 28.1 Å². The highest BCUT2D eigenvalue weighted by Gasteiger charge is 2.19. The molecule has 0 aliphatic heterocycles. The monoisotopic (exact) mass is 338 g/mol. The minimum atomic E-state index is -0.432. The molecule has 0 unspecified atom stereocenters. The number of hydrogen-bond donors (Lipinski definition) is 1. The van der Waals surface area contributed by atoms with Gasteiger partial charge in [-0.2, -0.15) is 4.98 Å². The van der Waals surface area contributed by atoms with Gasteiger partial charge in [0.15, 0.2) is 0 Å². The summed E-state index contributed by atoms with van der Waals surface area (Å²) in [7, 11) is 1.60. The molecule has 1 amide bonds. The zero-order chi connectivity index (χ0) is 17.8. The number of amides is 1. The molecule has 3 aromatic rings. The molecule has 0 spiro atoms. The molecule has 1 N–H and O–H groups in total. The first-order chi connectivity index (χ1) is 12.1. The first-order valence-electron chi connectivity index (χ1n) is 7.79. The molecule has 1 aromatic carbocycles. The quantitative estimate of drug-likeness (QED) is 0.769. The Morgan fingerprint density at radius 1 is 1.28 bits per heavy atom. The highest BCUT2D eigenvalue weighted by molar-refractivity contribution is 5.95. The number of aromatic nitrogens is 3. The predicted octanol–water partition coefficient (Wildman–Crippen LogP) is 2.94. The lowest BCUT2D eigenvalue weighted by molar-refractivity contribution is 0.0931. The summed E-state index contributed by atoms with van der Waals surface area (Å²) in [5.41, 5.74) is 1.95. The summed E-state index contributed by atoms with van der Waals surface area (Å²) in [6.07, 6.45) is 1.65. The van der Waals surface area contributed by atoms with Gasteiger partial charge in [0.25, 0.3) is 5.91 Å². The maximum Gasteiger partial charge on any atom is 0.253 e. The summed E-state index contributed by atoms with van der Waals surface area (Å²) in [6, 6.07) is 10.4. The first kappa shape index (κ1) is 16.6. The van der Waals surface area contributed by atoms with Gasteiger partial charge in [0, 0.05) is 17.5 Å². The average molecular weight is 338 g/mol. The van der Waals surface area contributed by atoms with E-state index in [1.165, 1.54) is 0 Å². The average Bonchev–Trinajstić information content (AvgIpc) is 3.12. The molecule has 0 radical (unpaired) electrons. The van der Waals surface area contributed by atoms with Crippen LogP contribution < -0.4 is 10.1 Å². The van der Waals surface area contributed by atoms with E-state index in [1.54, 1.807) is 39.3 Å². The molecule has 25 heavy (non-hydrogen) atoms. The highest BCUT2D eigenvalue weighted by Crippen LogP contribution is 2.22. The topological polar surface area (TPSA) is 90.1 Å². The number of nitrogens with one attached hydrogen (secondary N) is 1. The van der Waals surface area contributed by atoms with Crippen LogP contribution in [-0.2, 0) is 0 Å². The molecule has 3 rings (SSSR count). The predicted molar refractivity (Wildman–Crippen MR) is 91.1 cm³/mol. The van der Waals surface area contributed by atoms with Crippen molar-refractivity contribution < 1.29 is 14.1 Å². The van der Waals surface area contributed by atoms with Crippen molar-refractivity contribution in [1.29, 1.82) is 0 Å². The van der Waals surface area contributed by atoms with E-state index in [4.69, 9.17) is 9.26 Å². The smallest absolute Gasteiger partial charge is 0.253 e. The van der Waals surface area contributed by atoms with E-state index in [-0.39, 0.29) is 5.91 Å². The number of carbonyl (C=O) groups excluding carboxylic acids is 1. The number of benzene rings is 1. The summed E-state index contributed by atoms with van der Waals surface area (Å²) < 4.78 is 10.5. The van der Waals surface area contributed by atoms with Gasteiger partial charge in [-0.1, -0.05) is 17.3 Å². The van der Waals surface area contributed by atoms with E-state index in [9.17, 15) is 4.79 Å². The van der Waals surface area contributed by atoms with E-state index in [1.807, 2.05) is 24.3 Å². The van der Waals surface area contributed by atoms with E-state index < -0.39 is 6.04 Å². The number of carbonyl (C=O) groups is 1. The SMILES string of the molecule is COc1cccc(-c2noc([C@H](C)NC(=O)c3cccnc3C)n2)c1. The molecule has 128 valence electrons. The second kappa shape index (κ2) is 7.12. The lowest BCUT2D eigenvalue weighted by Gasteiger charge is -2.10. The number of hydrogen-bond acceptors (Lipinski definition) is 6. The van der Waals surface area contributed by atoms with Gasteiger partial charge in [-0.05, 0) is 38.1 Å². The van der Waals surface area contributed by atoms with Gasteiger partial charge in [-0.25, -0.2) is 0 Å². The van der Waals surface area contributed by atoms with Gasteiger partial charge in [-0.15, -0.1) is 0 Å². The number of aryl methyl sites for hydroxylation is 1. The van der Waals surface area contributed by atoms with Crippen molar-refractivity contribution >= 4 is 5.91 Å². The van der Waals surface area contributed by atoms with Crippen molar-refractivity contribution in [1.82, 2.24) is 20.4 Å². The molecule has 0 aliphatic rings. The van der Waals surface area contributed by atoms with Gasteiger partial charge in [0.1, 0.15) is 11.8 Å². The number of methoxy groups -OCH3 is 1. The minimum absolute atomic E-state index is 0.237. The van der Waals surface area contributed by atoms with E-state index in [0.717, 1.165) is 5.56 Å². The Hall–Kier alpha value is -3.22. The molecule has 0 saturated heterocycles. The van der Waals surface area contributed by atoms with Crippen LogP contribution in [0.5, 0.6) is 5.75 Å². The van der Waals surface area contributed by atoms with Crippen molar-refractivity contribution in [2.24, 2.45) is 0 Å². The summed E-state index contributed by atoms with van der Waals surface area (Å²) in [5.74, 6) is 1.23. The molecule has 0 aliphatic carbocycles. The molecule has 7 heteroatoms. The largest absolute Gasteiger partial charge is 0.497 e. The van der Waals surface area contributed by atoms with E-state index >= 15 is 0 Å². The molecule has 0 bridgehead atoms. The van der Waals surface area contributed by atoms with Gasteiger partial charge in [0.2, 0.25) is 11.7 Å². The van der Waals surface area contributed by atoms with Crippen LogP contribution in [0.4, 0.5) is 0 Å². The van der Waals surface area contributed by atoms with Crippen LogP contribution in [0.15, 0.2) is 47.1 Å². The van der Waals surface area contributed by atoms with Crippen LogP contribution in [0.1, 0.15) is 34.9 Å². The lowest BCUT2D eigenvalue weighted by Crippen LogP contribution is -2.27. The molecule has 1 atom stereocenters. The highest BCUT2D eigenvalue weighted by atomic mass is 16.5. The number of pyridine rings is 1. The fourth-order valence-corrected chi connectivity index (χ4v) is 2.35. The Labute approximate surface area is 145 Å². The standard InChI is InChI=1S/C18H18N4O3/c1-11-15(8-5-9-19-11)17(23)20-12(2)18-21-16(22-25-18)13-6-4-7-14(10-13)24-3/h4-10,12H,1-3H3,(H,20,23)/t12-/m0/s1. The van der Waals surface area contributed by atoms with Gasteiger partial charge in [-0.3, -0.25) is 9.78 Å². The third-order valence-corrected chi connectivity index (χ3v) is 3.74. The number of ether oxygens (including phenoxy) is 1. The maximum atomic E-state index is 12.4. The number of rotatable bonds is 5. The minimum Gasteiger partial charge on any atom is -0.497 e. The Bertz CT molecular complexity index is 891. The third kappa shape index (κ3) is 3.65. The van der Waals surface area contributed by atoms with Crippen LogP contribution >= 0.6 is 0 Å². The van der Waals surface area contributed by atoms with E-state index in [2.05, 4.69) is 20.4 Å².